The zero-order valence-electron chi connectivity index (χ0n) is 16.8. The Hall–Kier alpha value is -4.07. The van der Waals surface area contributed by atoms with Gasteiger partial charge in [0.15, 0.2) is 17.1 Å². The number of H-pyrrole nitrogens is 1. The Balaban J connectivity index is 1.41. The molecule has 0 aliphatic carbocycles. The molecule has 0 saturated carbocycles. The highest BCUT2D eigenvalue weighted by Crippen LogP contribution is 2.33. The first kappa shape index (κ1) is 18.9. The lowest BCUT2D eigenvalue weighted by Crippen LogP contribution is -2.24. The third-order valence-corrected chi connectivity index (χ3v) is 5.15. The standard InChI is InChI=1S/C23H19N3O5/c1-2-29-23(28)18-11-24-21-17(12-25-26(21)22(18)27)16-6-3-14(4-7-16)9-15-5-8-19-20(10-15)31-13-30-19/h3-8,10-12,25H,2,9,13H2,1H3. The summed E-state index contributed by atoms with van der Waals surface area (Å²) in [6, 6.07) is 14.0. The molecular formula is C23H19N3O5. The number of esters is 1. The van der Waals surface area contributed by atoms with Gasteiger partial charge in [-0.2, -0.15) is 0 Å². The second kappa shape index (κ2) is 7.64. The maximum Gasteiger partial charge on any atom is 0.345 e. The molecule has 4 aromatic rings. The Labute approximate surface area is 177 Å². The molecular weight excluding hydrogens is 398 g/mol. The monoisotopic (exact) mass is 417 g/mol. The number of nitrogens with zero attached hydrogens (tertiary/aromatic N) is 2. The zero-order chi connectivity index (χ0) is 21.4. The second-order valence-electron chi connectivity index (χ2n) is 7.10. The van der Waals surface area contributed by atoms with E-state index in [0.717, 1.165) is 40.2 Å². The predicted octanol–water partition coefficient (Wildman–Crippen LogP) is 3.19. The highest BCUT2D eigenvalue weighted by Gasteiger charge is 2.17. The van der Waals surface area contributed by atoms with Crippen LogP contribution < -0.4 is 15.0 Å². The van der Waals surface area contributed by atoms with E-state index >= 15 is 0 Å². The van der Waals surface area contributed by atoms with Gasteiger partial charge < -0.3 is 14.2 Å². The van der Waals surface area contributed by atoms with Crippen LogP contribution in [-0.2, 0) is 11.2 Å². The molecule has 0 spiro atoms. The van der Waals surface area contributed by atoms with Crippen LogP contribution >= 0.6 is 0 Å². The van der Waals surface area contributed by atoms with E-state index in [9.17, 15) is 9.59 Å². The molecule has 8 heteroatoms. The molecule has 1 aliphatic rings. The number of carbonyl (C=O) groups is 1. The first-order valence-corrected chi connectivity index (χ1v) is 9.88. The van der Waals surface area contributed by atoms with Crippen LogP contribution in [-0.4, -0.2) is 34.0 Å². The first-order valence-electron chi connectivity index (χ1n) is 9.88. The van der Waals surface area contributed by atoms with Gasteiger partial charge in [-0.15, -0.1) is 0 Å². The number of aromatic amines is 1. The maximum absolute atomic E-state index is 12.6. The van der Waals surface area contributed by atoms with E-state index < -0.39 is 11.5 Å². The van der Waals surface area contributed by atoms with Crippen molar-refractivity contribution in [2.75, 3.05) is 13.4 Å². The smallest absolute Gasteiger partial charge is 0.345 e. The van der Waals surface area contributed by atoms with Gasteiger partial charge >= 0.3 is 5.97 Å². The molecule has 31 heavy (non-hydrogen) atoms. The SMILES string of the molecule is CCOC(=O)c1cnc2c(-c3ccc(Cc4ccc5c(c4)OCO5)cc3)c[nH]n2c1=O. The first-order chi connectivity index (χ1) is 15.1. The summed E-state index contributed by atoms with van der Waals surface area (Å²) in [4.78, 5) is 28.8. The quantitative estimate of drug-likeness (QED) is 0.501. The van der Waals surface area contributed by atoms with Crippen LogP contribution in [0.5, 0.6) is 11.5 Å². The highest BCUT2D eigenvalue weighted by atomic mass is 16.7. The number of aromatic nitrogens is 3. The molecule has 0 unspecified atom stereocenters. The predicted molar refractivity (Wildman–Crippen MR) is 113 cm³/mol. The van der Waals surface area contributed by atoms with Crippen molar-refractivity contribution < 1.29 is 19.0 Å². The molecule has 0 fully saturated rings. The highest BCUT2D eigenvalue weighted by molar-refractivity contribution is 5.89. The molecule has 3 heterocycles. The number of benzene rings is 2. The van der Waals surface area contributed by atoms with Crippen molar-refractivity contribution >= 4 is 11.6 Å². The van der Waals surface area contributed by atoms with Crippen LogP contribution in [0.15, 0.2) is 59.7 Å². The molecule has 0 radical (unpaired) electrons. The minimum absolute atomic E-state index is 0.105. The summed E-state index contributed by atoms with van der Waals surface area (Å²) in [5.74, 6) is 0.859. The number of fused-ring (bicyclic) bond motifs is 2. The Kier molecular flexibility index (Phi) is 4.66. The fourth-order valence-corrected chi connectivity index (χ4v) is 3.61. The minimum Gasteiger partial charge on any atom is -0.462 e. The summed E-state index contributed by atoms with van der Waals surface area (Å²) >= 11 is 0. The van der Waals surface area contributed by atoms with Gasteiger partial charge in [-0.3, -0.25) is 9.89 Å². The average molecular weight is 417 g/mol. The third kappa shape index (κ3) is 3.42. The Bertz CT molecular complexity index is 1340. The summed E-state index contributed by atoms with van der Waals surface area (Å²) < 4.78 is 17.0. The summed E-state index contributed by atoms with van der Waals surface area (Å²) in [5, 5.41) is 2.88. The molecule has 0 bridgehead atoms. The molecule has 2 aromatic carbocycles. The van der Waals surface area contributed by atoms with E-state index in [1.807, 2.05) is 42.5 Å². The van der Waals surface area contributed by atoms with E-state index in [1.165, 1.54) is 10.7 Å². The number of rotatable bonds is 5. The van der Waals surface area contributed by atoms with Crippen LogP contribution in [0.3, 0.4) is 0 Å². The van der Waals surface area contributed by atoms with Crippen LogP contribution in [0.25, 0.3) is 16.8 Å². The Morgan fingerprint density at radius 1 is 1.13 bits per heavy atom. The number of nitrogens with one attached hydrogen (secondary N) is 1. The van der Waals surface area contributed by atoms with Crippen molar-refractivity contribution in [2.45, 2.75) is 13.3 Å². The van der Waals surface area contributed by atoms with Crippen molar-refractivity contribution in [1.82, 2.24) is 14.6 Å². The normalized spacial score (nSPS) is 12.3. The number of hydrogen-bond acceptors (Lipinski definition) is 6. The Morgan fingerprint density at radius 2 is 1.90 bits per heavy atom. The lowest BCUT2D eigenvalue weighted by atomic mass is 10.0. The average Bonchev–Trinajstić information content (AvgIpc) is 3.42. The Morgan fingerprint density at radius 3 is 2.71 bits per heavy atom. The summed E-state index contributed by atoms with van der Waals surface area (Å²) in [7, 11) is 0. The van der Waals surface area contributed by atoms with Gasteiger partial charge in [0.1, 0.15) is 5.56 Å². The van der Waals surface area contributed by atoms with E-state index in [1.54, 1.807) is 13.1 Å². The van der Waals surface area contributed by atoms with Crippen LogP contribution in [0.4, 0.5) is 0 Å². The topological polar surface area (TPSA) is 94.9 Å². The summed E-state index contributed by atoms with van der Waals surface area (Å²) in [5.41, 5.74) is 3.79. The minimum atomic E-state index is -0.682. The summed E-state index contributed by atoms with van der Waals surface area (Å²) in [6.07, 6.45) is 3.72. The molecule has 156 valence electrons. The maximum atomic E-state index is 12.6. The van der Waals surface area contributed by atoms with Gasteiger partial charge in [0.2, 0.25) is 6.79 Å². The molecule has 2 aromatic heterocycles. The van der Waals surface area contributed by atoms with Gasteiger partial charge in [0.25, 0.3) is 5.56 Å². The van der Waals surface area contributed by atoms with Crippen LogP contribution in [0, 0.1) is 0 Å². The molecule has 5 rings (SSSR count). The van der Waals surface area contributed by atoms with Gasteiger partial charge in [0, 0.05) is 18.0 Å². The second-order valence-corrected chi connectivity index (χ2v) is 7.10. The van der Waals surface area contributed by atoms with Crippen molar-refractivity contribution in [1.29, 1.82) is 0 Å². The van der Waals surface area contributed by atoms with E-state index in [0.29, 0.717) is 5.65 Å². The molecule has 1 aliphatic heterocycles. The fourth-order valence-electron chi connectivity index (χ4n) is 3.61. The number of hydrogen-bond donors (Lipinski definition) is 1. The van der Waals surface area contributed by atoms with Crippen molar-refractivity contribution in [3.05, 3.63) is 81.9 Å². The van der Waals surface area contributed by atoms with Crippen molar-refractivity contribution in [2.24, 2.45) is 0 Å². The van der Waals surface area contributed by atoms with E-state index in [-0.39, 0.29) is 19.0 Å². The van der Waals surface area contributed by atoms with Crippen molar-refractivity contribution in [3.8, 4) is 22.6 Å². The summed E-state index contributed by atoms with van der Waals surface area (Å²) in [6.45, 7) is 2.14. The molecule has 1 N–H and O–H groups in total. The van der Waals surface area contributed by atoms with Crippen LogP contribution in [0.1, 0.15) is 28.4 Å². The number of carbonyl (C=O) groups excluding carboxylic acids is 1. The lowest BCUT2D eigenvalue weighted by Gasteiger charge is -2.06. The van der Waals surface area contributed by atoms with Gasteiger partial charge in [-0.1, -0.05) is 30.3 Å². The van der Waals surface area contributed by atoms with Crippen LogP contribution in [0.2, 0.25) is 0 Å². The molecule has 8 nitrogen and oxygen atoms in total. The fraction of sp³-hybridized carbons (Fsp3) is 0.174. The van der Waals surface area contributed by atoms with Gasteiger partial charge in [-0.25, -0.2) is 14.3 Å². The third-order valence-electron chi connectivity index (χ3n) is 5.15. The van der Waals surface area contributed by atoms with Crippen molar-refractivity contribution in [3.63, 3.8) is 0 Å². The molecule has 0 saturated heterocycles. The van der Waals surface area contributed by atoms with E-state index in [2.05, 4.69) is 10.1 Å². The van der Waals surface area contributed by atoms with Gasteiger partial charge in [0.05, 0.1) is 6.61 Å². The molecule has 0 atom stereocenters. The van der Waals surface area contributed by atoms with Gasteiger partial charge in [-0.05, 0) is 42.2 Å². The largest absolute Gasteiger partial charge is 0.462 e. The van der Waals surface area contributed by atoms with E-state index in [4.69, 9.17) is 14.2 Å². The number of ether oxygens (including phenoxy) is 3. The zero-order valence-corrected chi connectivity index (χ0v) is 16.8. The lowest BCUT2D eigenvalue weighted by molar-refractivity contribution is 0.0523. The molecule has 0 amide bonds.